The Hall–Kier alpha value is -3.19. The number of piperazine rings is 1. The van der Waals surface area contributed by atoms with Gasteiger partial charge in [0.1, 0.15) is 17.8 Å². The second-order valence-corrected chi connectivity index (χ2v) is 6.78. The summed E-state index contributed by atoms with van der Waals surface area (Å²) in [7, 11) is 0. The lowest BCUT2D eigenvalue weighted by Crippen LogP contribution is -2.46. The first-order valence-electron chi connectivity index (χ1n) is 9.20. The third-order valence-corrected chi connectivity index (χ3v) is 5.15. The summed E-state index contributed by atoms with van der Waals surface area (Å²) in [5, 5.41) is 1.09. The molecule has 1 aliphatic rings. The van der Waals surface area contributed by atoms with Gasteiger partial charge in [-0.2, -0.15) is 0 Å². The van der Waals surface area contributed by atoms with Crippen molar-refractivity contribution in [3.63, 3.8) is 0 Å². The van der Waals surface area contributed by atoms with E-state index in [1.54, 1.807) is 12.5 Å². The molecule has 5 rings (SSSR count). The quantitative estimate of drug-likeness (QED) is 0.606. The summed E-state index contributed by atoms with van der Waals surface area (Å²) in [4.78, 5) is 21.1. The van der Waals surface area contributed by atoms with Gasteiger partial charge in [-0.25, -0.2) is 9.97 Å². The van der Waals surface area contributed by atoms with Crippen molar-refractivity contribution in [2.24, 2.45) is 0 Å². The van der Waals surface area contributed by atoms with Crippen LogP contribution in [0.25, 0.3) is 16.7 Å². The average Bonchev–Trinajstić information content (AvgIpc) is 3.38. The van der Waals surface area contributed by atoms with Crippen LogP contribution in [0, 0.1) is 0 Å². The van der Waals surface area contributed by atoms with Crippen molar-refractivity contribution in [3.8, 4) is 5.69 Å². The molecular formula is C20H21N7. The number of anilines is 1. The predicted molar refractivity (Wildman–Crippen MR) is 105 cm³/mol. The lowest BCUT2D eigenvalue weighted by Gasteiger charge is -2.35. The highest BCUT2D eigenvalue weighted by Crippen LogP contribution is 2.23. The van der Waals surface area contributed by atoms with E-state index in [1.807, 2.05) is 18.5 Å². The van der Waals surface area contributed by atoms with Crippen LogP contribution < -0.4 is 4.90 Å². The van der Waals surface area contributed by atoms with Gasteiger partial charge in [-0.15, -0.1) is 0 Å². The van der Waals surface area contributed by atoms with Gasteiger partial charge in [0.15, 0.2) is 0 Å². The summed E-state index contributed by atoms with van der Waals surface area (Å²) in [6, 6.07) is 10.4. The molecule has 1 saturated heterocycles. The van der Waals surface area contributed by atoms with Gasteiger partial charge in [-0.05, 0) is 30.3 Å². The fraction of sp³-hybridized carbons (Fsp3) is 0.250. The van der Waals surface area contributed by atoms with Gasteiger partial charge >= 0.3 is 0 Å². The van der Waals surface area contributed by atoms with E-state index in [0.717, 1.165) is 55.3 Å². The van der Waals surface area contributed by atoms with Gasteiger partial charge in [0.05, 0.1) is 17.3 Å². The van der Waals surface area contributed by atoms with Crippen molar-refractivity contribution < 1.29 is 0 Å². The fourth-order valence-electron chi connectivity index (χ4n) is 3.75. The van der Waals surface area contributed by atoms with E-state index in [0.29, 0.717) is 0 Å². The van der Waals surface area contributed by atoms with Gasteiger partial charge in [-0.3, -0.25) is 9.88 Å². The average molecular weight is 359 g/mol. The van der Waals surface area contributed by atoms with E-state index in [9.17, 15) is 0 Å². The van der Waals surface area contributed by atoms with E-state index in [-0.39, 0.29) is 0 Å². The third kappa shape index (κ3) is 3.06. The largest absolute Gasteiger partial charge is 0.353 e. The molecule has 0 spiro atoms. The molecule has 27 heavy (non-hydrogen) atoms. The molecule has 0 aliphatic carbocycles. The van der Waals surface area contributed by atoms with Crippen LogP contribution in [-0.4, -0.2) is 55.6 Å². The first-order chi connectivity index (χ1) is 13.4. The second-order valence-electron chi connectivity index (χ2n) is 6.78. The summed E-state index contributed by atoms with van der Waals surface area (Å²) < 4.78 is 2.22. The Labute approximate surface area is 157 Å². The first-order valence-corrected chi connectivity index (χ1v) is 9.20. The Morgan fingerprint density at radius 2 is 1.93 bits per heavy atom. The van der Waals surface area contributed by atoms with E-state index in [4.69, 9.17) is 0 Å². The maximum atomic E-state index is 4.52. The molecule has 0 bridgehead atoms. The molecule has 0 atom stereocenters. The highest BCUT2D eigenvalue weighted by molar-refractivity contribution is 5.87. The molecule has 136 valence electrons. The van der Waals surface area contributed by atoms with Gasteiger partial charge in [0.2, 0.25) is 0 Å². The zero-order valence-electron chi connectivity index (χ0n) is 15.0. The van der Waals surface area contributed by atoms with E-state index in [1.165, 1.54) is 5.69 Å². The van der Waals surface area contributed by atoms with E-state index < -0.39 is 0 Å². The van der Waals surface area contributed by atoms with Crippen LogP contribution >= 0.6 is 0 Å². The minimum absolute atomic E-state index is 0.900. The van der Waals surface area contributed by atoms with Crippen LogP contribution in [0.1, 0.15) is 5.69 Å². The van der Waals surface area contributed by atoms with Crippen LogP contribution in [0.4, 0.5) is 5.82 Å². The topological polar surface area (TPSA) is 65.9 Å². The number of nitrogens with one attached hydrogen (secondary N) is 1. The standard InChI is InChI=1S/C20H21N7/c1-3-16(13-21-6-1)27-8-2-4-17(27)14-25-9-11-26(12-10-25)20-18-5-7-22-19(18)23-15-24-20/h1-8,13,15H,9-12,14H2,(H,22,23,24). The van der Waals surface area contributed by atoms with Crippen LogP contribution in [0.3, 0.4) is 0 Å². The highest BCUT2D eigenvalue weighted by Gasteiger charge is 2.21. The van der Waals surface area contributed by atoms with Crippen LogP contribution in [0.15, 0.2) is 61.4 Å². The molecule has 0 amide bonds. The number of aromatic nitrogens is 5. The molecule has 0 radical (unpaired) electrons. The number of pyridine rings is 1. The van der Waals surface area contributed by atoms with Gasteiger partial charge in [-0.1, -0.05) is 0 Å². The summed E-state index contributed by atoms with van der Waals surface area (Å²) in [6.07, 6.45) is 9.37. The van der Waals surface area contributed by atoms with Crippen LogP contribution in [-0.2, 0) is 6.54 Å². The van der Waals surface area contributed by atoms with Crippen LogP contribution in [0.2, 0.25) is 0 Å². The second kappa shape index (κ2) is 6.85. The number of H-pyrrole nitrogens is 1. The van der Waals surface area contributed by atoms with Gasteiger partial charge in [0.25, 0.3) is 0 Å². The lowest BCUT2D eigenvalue weighted by molar-refractivity contribution is 0.245. The number of aromatic amines is 1. The number of fused-ring (bicyclic) bond motifs is 1. The molecule has 4 aromatic rings. The zero-order chi connectivity index (χ0) is 18.1. The molecule has 1 aliphatic heterocycles. The van der Waals surface area contributed by atoms with Crippen molar-refractivity contribution in [1.82, 2.24) is 29.4 Å². The molecule has 7 nitrogen and oxygen atoms in total. The van der Waals surface area contributed by atoms with E-state index in [2.05, 4.69) is 64.8 Å². The molecular weight excluding hydrogens is 338 g/mol. The Kier molecular flexibility index (Phi) is 4.06. The molecule has 1 fully saturated rings. The van der Waals surface area contributed by atoms with Crippen molar-refractivity contribution >= 4 is 16.9 Å². The van der Waals surface area contributed by atoms with E-state index >= 15 is 0 Å². The summed E-state index contributed by atoms with van der Waals surface area (Å²) >= 11 is 0. The van der Waals surface area contributed by atoms with Crippen molar-refractivity contribution in [3.05, 3.63) is 67.1 Å². The SMILES string of the molecule is c1cncc(-n2cccc2CN2CCN(c3ncnc4[nH]ccc34)CC2)c1. The molecule has 0 aromatic carbocycles. The molecule has 4 aromatic heterocycles. The minimum atomic E-state index is 0.900. The number of rotatable bonds is 4. The van der Waals surface area contributed by atoms with Gasteiger partial charge in [0, 0.05) is 57.0 Å². The monoisotopic (exact) mass is 359 g/mol. The maximum Gasteiger partial charge on any atom is 0.142 e. The molecule has 1 N–H and O–H groups in total. The van der Waals surface area contributed by atoms with Gasteiger partial charge < -0.3 is 14.5 Å². The Bertz CT molecular complexity index is 1030. The number of nitrogens with zero attached hydrogens (tertiary/aromatic N) is 6. The molecule has 5 heterocycles. The van der Waals surface area contributed by atoms with Crippen molar-refractivity contribution in [1.29, 1.82) is 0 Å². The maximum absolute atomic E-state index is 4.52. The summed E-state index contributed by atoms with van der Waals surface area (Å²) in [6.45, 7) is 4.87. The molecule has 0 unspecified atom stereocenters. The van der Waals surface area contributed by atoms with Crippen molar-refractivity contribution in [2.45, 2.75) is 6.54 Å². The highest BCUT2D eigenvalue weighted by atomic mass is 15.3. The Balaban J connectivity index is 1.28. The predicted octanol–water partition coefficient (Wildman–Crippen LogP) is 2.47. The molecule has 0 saturated carbocycles. The third-order valence-electron chi connectivity index (χ3n) is 5.15. The molecule has 7 heteroatoms. The summed E-state index contributed by atoms with van der Waals surface area (Å²) in [5.74, 6) is 1.03. The smallest absolute Gasteiger partial charge is 0.142 e. The summed E-state index contributed by atoms with van der Waals surface area (Å²) in [5.41, 5.74) is 3.29. The normalized spacial score (nSPS) is 15.5. The number of hydrogen-bond donors (Lipinski definition) is 1. The number of hydrogen-bond acceptors (Lipinski definition) is 5. The van der Waals surface area contributed by atoms with Crippen LogP contribution in [0.5, 0.6) is 0 Å². The minimum Gasteiger partial charge on any atom is -0.353 e. The van der Waals surface area contributed by atoms with Crippen molar-refractivity contribution in [2.75, 3.05) is 31.1 Å². The lowest BCUT2D eigenvalue weighted by atomic mass is 10.2. The first kappa shape index (κ1) is 16.0. The zero-order valence-corrected chi connectivity index (χ0v) is 15.0. The Morgan fingerprint density at radius 1 is 1.00 bits per heavy atom. The fourth-order valence-corrected chi connectivity index (χ4v) is 3.75. The Morgan fingerprint density at radius 3 is 2.78 bits per heavy atom.